The highest BCUT2D eigenvalue weighted by atomic mass is 16.5. The third-order valence-electron chi connectivity index (χ3n) is 5.26. The number of aliphatic hydroxyl groups is 1. The summed E-state index contributed by atoms with van der Waals surface area (Å²) in [4.78, 5) is 15.3. The highest BCUT2D eigenvalue weighted by Gasteiger charge is 2.19. The smallest absolute Gasteiger partial charge is 0.218 e. The van der Waals surface area contributed by atoms with Gasteiger partial charge in [-0.15, -0.1) is 0 Å². The van der Waals surface area contributed by atoms with E-state index in [0.717, 1.165) is 30.8 Å². The highest BCUT2D eigenvalue weighted by Crippen LogP contribution is 2.21. The lowest BCUT2D eigenvalue weighted by molar-refractivity contribution is -0.118. The molecule has 1 unspecified atom stereocenters. The van der Waals surface area contributed by atoms with E-state index < -0.39 is 6.10 Å². The number of rotatable bonds is 10. The molecule has 3 rings (SSSR count). The number of para-hydroxylation sites is 1. The van der Waals surface area contributed by atoms with Gasteiger partial charge in [0.2, 0.25) is 5.91 Å². The topological polar surface area (TPSA) is 79.0 Å². The van der Waals surface area contributed by atoms with Crippen molar-refractivity contribution < 1.29 is 14.6 Å². The van der Waals surface area contributed by atoms with Crippen LogP contribution in [-0.2, 0) is 24.3 Å². The van der Waals surface area contributed by atoms with E-state index in [2.05, 4.69) is 29.2 Å². The Hall–Kier alpha value is -2.41. The predicted molar refractivity (Wildman–Crippen MR) is 114 cm³/mol. The number of benzene rings is 2. The van der Waals surface area contributed by atoms with Crippen LogP contribution >= 0.6 is 0 Å². The number of β-amino-alcohol motifs (C(OH)–C–C–N with tert-alkyl or cyclic N) is 1. The number of hydrogen-bond acceptors (Lipinski definition) is 5. The van der Waals surface area contributed by atoms with Gasteiger partial charge in [-0.2, -0.15) is 0 Å². The summed E-state index contributed by atoms with van der Waals surface area (Å²) in [5.74, 6) is 0.464. The normalized spacial score (nSPS) is 15.1. The number of aliphatic hydroxyl groups excluding tert-OH is 1. The molecule has 6 heteroatoms. The zero-order valence-corrected chi connectivity index (χ0v) is 17.1. The van der Waals surface area contributed by atoms with Crippen LogP contribution in [0.25, 0.3) is 0 Å². The summed E-state index contributed by atoms with van der Waals surface area (Å²) in [6.07, 6.45) is 0.794. The first kappa shape index (κ1) is 21.3. The molecule has 29 heavy (non-hydrogen) atoms. The fourth-order valence-corrected chi connectivity index (χ4v) is 3.69. The molecule has 1 aliphatic rings. The van der Waals surface area contributed by atoms with E-state index in [9.17, 15) is 9.90 Å². The SMILES string of the molecule is CN(CCC(N)=O)Cc1ccccc1OCC(O)CN1CCc2ccccc2C1. The zero-order chi connectivity index (χ0) is 20.6. The monoisotopic (exact) mass is 397 g/mol. The molecule has 0 aliphatic carbocycles. The molecule has 1 aliphatic heterocycles. The molecule has 2 aromatic rings. The van der Waals surface area contributed by atoms with Crippen molar-refractivity contribution in [3.05, 3.63) is 65.2 Å². The van der Waals surface area contributed by atoms with Crippen LogP contribution in [0.2, 0.25) is 0 Å². The van der Waals surface area contributed by atoms with Gasteiger partial charge in [-0.1, -0.05) is 42.5 Å². The number of ether oxygens (including phenoxy) is 1. The maximum Gasteiger partial charge on any atom is 0.218 e. The maximum atomic E-state index is 11.0. The third kappa shape index (κ3) is 6.56. The van der Waals surface area contributed by atoms with Gasteiger partial charge >= 0.3 is 0 Å². The van der Waals surface area contributed by atoms with Crippen LogP contribution in [0.15, 0.2) is 48.5 Å². The van der Waals surface area contributed by atoms with Crippen molar-refractivity contribution in [2.45, 2.75) is 32.0 Å². The molecule has 0 bridgehead atoms. The summed E-state index contributed by atoms with van der Waals surface area (Å²) in [5.41, 5.74) is 9.00. The van der Waals surface area contributed by atoms with Crippen molar-refractivity contribution in [1.82, 2.24) is 9.80 Å². The number of hydrogen-bond donors (Lipinski definition) is 2. The van der Waals surface area contributed by atoms with E-state index in [0.29, 0.717) is 26.1 Å². The fraction of sp³-hybridized carbons (Fsp3) is 0.435. The van der Waals surface area contributed by atoms with Crippen molar-refractivity contribution in [1.29, 1.82) is 0 Å². The Labute approximate surface area is 172 Å². The van der Waals surface area contributed by atoms with Crippen LogP contribution in [0.3, 0.4) is 0 Å². The molecular formula is C23H31N3O3. The summed E-state index contributed by atoms with van der Waals surface area (Å²) < 4.78 is 5.94. The predicted octanol–water partition coefficient (Wildman–Crippen LogP) is 1.79. The first-order valence-electron chi connectivity index (χ1n) is 10.2. The highest BCUT2D eigenvalue weighted by molar-refractivity contribution is 5.73. The first-order chi connectivity index (χ1) is 14.0. The summed E-state index contributed by atoms with van der Waals surface area (Å²) in [6.45, 7) is 3.92. The van der Waals surface area contributed by atoms with Gasteiger partial charge in [-0.05, 0) is 30.7 Å². The summed E-state index contributed by atoms with van der Waals surface area (Å²) in [6, 6.07) is 16.3. The van der Waals surface area contributed by atoms with Crippen molar-refractivity contribution in [2.24, 2.45) is 5.73 Å². The average Bonchev–Trinajstić information content (AvgIpc) is 2.71. The number of nitrogens with two attached hydrogens (primary N) is 1. The molecule has 0 radical (unpaired) electrons. The first-order valence-corrected chi connectivity index (χ1v) is 10.2. The number of carbonyl (C=O) groups excluding carboxylic acids is 1. The molecular weight excluding hydrogens is 366 g/mol. The van der Waals surface area contributed by atoms with Crippen LogP contribution in [-0.4, -0.2) is 60.2 Å². The van der Waals surface area contributed by atoms with Gasteiger partial charge in [0.15, 0.2) is 0 Å². The lowest BCUT2D eigenvalue weighted by Gasteiger charge is -2.30. The minimum Gasteiger partial charge on any atom is -0.491 e. The maximum absolute atomic E-state index is 11.0. The van der Waals surface area contributed by atoms with Crippen LogP contribution in [0.4, 0.5) is 0 Å². The lowest BCUT2D eigenvalue weighted by atomic mass is 10.00. The second-order valence-electron chi connectivity index (χ2n) is 7.78. The van der Waals surface area contributed by atoms with Gasteiger partial charge in [0.1, 0.15) is 18.5 Å². The Bertz CT molecular complexity index is 811. The Morgan fingerprint density at radius 2 is 1.93 bits per heavy atom. The van der Waals surface area contributed by atoms with Crippen molar-refractivity contribution >= 4 is 5.91 Å². The summed E-state index contributed by atoms with van der Waals surface area (Å²) >= 11 is 0. The molecule has 1 heterocycles. The number of fused-ring (bicyclic) bond motifs is 1. The molecule has 6 nitrogen and oxygen atoms in total. The van der Waals surface area contributed by atoms with E-state index >= 15 is 0 Å². The molecule has 2 aromatic carbocycles. The molecule has 1 amide bonds. The van der Waals surface area contributed by atoms with Gasteiger partial charge in [0, 0.05) is 44.7 Å². The van der Waals surface area contributed by atoms with Crippen LogP contribution in [0.1, 0.15) is 23.1 Å². The van der Waals surface area contributed by atoms with Gasteiger partial charge in [-0.25, -0.2) is 0 Å². The number of primary amides is 1. The van der Waals surface area contributed by atoms with E-state index in [1.54, 1.807) is 0 Å². The van der Waals surface area contributed by atoms with E-state index in [-0.39, 0.29) is 12.5 Å². The second-order valence-corrected chi connectivity index (χ2v) is 7.78. The number of nitrogens with zero attached hydrogens (tertiary/aromatic N) is 2. The van der Waals surface area contributed by atoms with Crippen LogP contribution in [0, 0.1) is 0 Å². The van der Waals surface area contributed by atoms with Crippen molar-refractivity contribution in [2.75, 3.05) is 33.3 Å². The third-order valence-corrected chi connectivity index (χ3v) is 5.26. The largest absolute Gasteiger partial charge is 0.491 e. The van der Waals surface area contributed by atoms with Gasteiger partial charge in [-0.3, -0.25) is 9.69 Å². The van der Waals surface area contributed by atoms with Gasteiger partial charge < -0.3 is 20.5 Å². The van der Waals surface area contributed by atoms with E-state index in [1.165, 1.54) is 11.1 Å². The molecule has 0 aromatic heterocycles. The molecule has 3 N–H and O–H groups in total. The van der Waals surface area contributed by atoms with Gasteiger partial charge in [0.05, 0.1) is 0 Å². The second kappa shape index (κ2) is 10.4. The summed E-state index contributed by atoms with van der Waals surface area (Å²) in [5, 5.41) is 10.5. The average molecular weight is 398 g/mol. The number of carbonyl (C=O) groups is 1. The minimum atomic E-state index is -0.555. The lowest BCUT2D eigenvalue weighted by Crippen LogP contribution is -2.38. The van der Waals surface area contributed by atoms with E-state index in [4.69, 9.17) is 10.5 Å². The Balaban J connectivity index is 1.49. The molecule has 0 fully saturated rings. The standard InChI is InChI=1S/C23H31N3O3/c1-25(12-11-23(24)28)14-20-8-4-5-9-22(20)29-17-21(27)16-26-13-10-18-6-2-3-7-19(18)15-26/h2-9,21,27H,10-17H2,1H3,(H2,24,28). The molecule has 0 saturated heterocycles. The Kier molecular flexibility index (Phi) is 7.63. The van der Waals surface area contributed by atoms with E-state index in [1.807, 2.05) is 36.2 Å². The minimum absolute atomic E-state index is 0.250. The molecule has 1 atom stereocenters. The van der Waals surface area contributed by atoms with Crippen LogP contribution in [0.5, 0.6) is 5.75 Å². The Morgan fingerprint density at radius 1 is 1.21 bits per heavy atom. The van der Waals surface area contributed by atoms with Crippen LogP contribution < -0.4 is 10.5 Å². The van der Waals surface area contributed by atoms with Crippen molar-refractivity contribution in [3.63, 3.8) is 0 Å². The quantitative estimate of drug-likeness (QED) is 0.639. The summed E-state index contributed by atoms with van der Waals surface area (Å²) in [7, 11) is 1.95. The van der Waals surface area contributed by atoms with Crippen molar-refractivity contribution in [3.8, 4) is 5.75 Å². The zero-order valence-electron chi connectivity index (χ0n) is 17.1. The number of amides is 1. The molecule has 0 spiro atoms. The molecule has 156 valence electrons. The van der Waals surface area contributed by atoms with Gasteiger partial charge in [0.25, 0.3) is 0 Å². The fourth-order valence-electron chi connectivity index (χ4n) is 3.69. The molecule has 0 saturated carbocycles. The Morgan fingerprint density at radius 3 is 2.72 bits per heavy atom.